The van der Waals surface area contributed by atoms with Crippen molar-refractivity contribution in [2.24, 2.45) is 5.92 Å². The molecule has 0 spiro atoms. The van der Waals surface area contributed by atoms with Crippen molar-refractivity contribution in [3.8, 4) is 0 Å². The maximum Gasteiger partial charge on any atom is 0.129 e. The lowest BCUT2D eigenvalue weighted by Crippen LogP contribution is -2.07. The van der Waals surface area contributed by atoms with Gasteiger partial charge in [0.2, 0.25) is 0 Å². The molecule has 1 aromatic heterocycles. The van der Waals surface area contributed by atoms with Gasteiger partial charge >= 0.3 is 0 Å². The molecule has 1 heterocycles. The van der Waals surface area contributed by atoms with E-state index in [0.717, 1.165) is 18.2 Å². The topological polar surface area (TPSA) is 30.7 Å². The lowest BCUT2D eigenvalue weighted by molar-refractivity contribution is 0.504. The van der Waals surface area contributed by atoms with Crippen molar-refractivity contribution in [1.29, 1.82) is 0 Å². The molecule has 3 nitrogen and oxygen atoms in total. The van der Waals surface area contributed by atoms with Gasteiger partial charge in [0.05, 0.1) is 0 Å². The molecule has 0 aliphatic rings. The van der Waals surface area contributed by atoms with Gasteiger partial charge in [0.15, 0.2) is 0 Å². The highest BCUT2D eigenvalue weighted by atomic mass is 15.3. The summed E-state index contributed by atoms with van der Waals surface area (Å²) < 4.78 is 2.14. The molecule has 3 heteroatoms. The maximum absolute atomic E-state index is 3.98. The highest BCUT2D eigenvalue weighted by molar-refractivity contribution is 4.90. The second-order valence-corrected chi connectivity index (χ2v) is 3.30. The standard InChI is InChI=1S/C8H15N3/c1-6(2)5-11-7(3)9-10-8(11)4/h6H,5H2,1-4H3. The summed E-state index contributed by atoms with van der Waals surface area (Å²) in [4.78, 5) is 0. The van der Waals surface area contributed by atoms with Crippen LogP contribution in [-0.4, -0.2) is 14.8 Å². The third kappa shape index (κ3) is 1.79. The summed E-state index contributed by atoms with van der Waals surface area (Å²) in [6, 6.07) is 0. The minimum absolute atomic E-state index is 0.656. The van der Waals surface area contributed by atoms with Crippen LogP contribution in [0.1, 0.15) is 25.5 Å². The van der Waals surface area contributed by atoms with Crippen LogP contribution >= 0.6 is 0 Å². The normalized spacial score (nSPS) is 11.0. The fraction of sp³-hybridized carbons (Fsp3) is 0.750. The molecule has 0 aliphatic heterocycles. The van der Waals surface area contributed by atoms with E-state index in [1.54, 1.807) is 0 Å². The van der Waals surface area contributed by atoms with Gasteiger partial charge in [-0.2, -0.15) is 0 Å². The van der Waals surface area contributed by atoms with Crippen LogP contribution in [0.15, 0.2) is 0 Å². The van der Waals surface area contributed by atoms with Crippen LogP contribution in [0.25, 0.3) is 0 Å². The van der Waals surface area contributed by atoms with Crippen molar-refractivity contribution in [1.82, 2.24) is 14.8 Å². The molecule has 1 aromatic rings. The molecule has 62 valence electrons. The summed E-state index contributed by atoms with van der Waals surface area (Å²) in [7, 11) is 0. The first-order valence-electron chi connectivity index (χ1n) is 3.97. The summed E-state index contributed by atoms with van der Waals surface area (Å²) >= 11 is 0. The Morgan fingerprint density at radius 2 is 1.64 bits per heavy atom. The Labute approximate surface area is 67.4 Å². The van der Waals surface area contributed by atoms with Crippen molar-refractivity contribution in [2.45, 2.75) is 34.2 Å². The van der Waals surface area contributed by atoms with Crippen LogP contribution in [0.4, 0.5) is 0 Å². The Balaban J connectivity index is 2.83. The van der Waals surface area contributed by atoms with Gasteiger partial charge in [-0.1, -0.05) is 13.8 Å². The number of aryl methyl sites for hydroxylation is 2. The number of hydrogen-bond acceptors (Lipinski definition) is 2. The van der Waals surface area contributed by atoms with Gasteiger partial charge in [0.25, 0.3) is 0 Å². The highest BCUT2D eigenvalue weighted by Crippen LogP contribution is 2.04. The Morgan fingerprint density at radius 3 is 2.00 bits per heavy atom. The summed E-state index contributed by atoms with van der Waals surface area (Å²) in [6.45, 7) is 9.38. The molecule has 0 bridgehead atoms. The molecule has 11 heavy (non-hydrogen) atoms. The quantitative estimate of drug-likeness (QED) is 0.645. The fourth-order valence-corrected chi connectivity index (χ4v) is 1.12. The van der Waals surface area contributed by atoms with E-state index in [-0.39, 0.29) is 0 Å². The van der Waals surface area contributed by atoms with E-state index in [2.05, 4.69) is 28.6 Å². The highest BCUT2D eigenvalue weighted by Gasteiger charge is 2.04. The van der Waals surface area contributed by atoms with Gasteiger partial charge in [-0.15, -0.1) is 10.2 Å². The first kappa shape index (κ1) is 8.24. The third-order valence-corrected chi connectivity index (χ3v) is 1.67. The van der Waals surface area contributed by atoms with E-state index in [0.29, 0.717) is 5.92 Å². The zero-order chi connectivity index (χ0) is 8.43. The molecule has 0 saturated carbocycles. The Hall–Kier alpha value is -0.860. The Bertz CT molecular complexity index is 218. The largest absolute Gasteiger partial charge is 0.315 e. The number of aromatic nitrogens is 3. The Kier molecular flexibility index (Phi) is 2.27. The molecule has 0 atom stereocenters. The third-order valence-electron chi connectivity index (χ3n) is 1.67. The van der Waals surface area contributed by atoms with Crippen LogP contribution < -0.4 is 0 Å². The van der Waals surface area contributed by atoms with Gasteiger partial charge in [-0.05, 0) is 19.8 Å². The van der Waals surface area contributed by atoms with Crippen molar-refractivity contribution in [3.63, 3.8) is 0 Å². The van der Waals surface area contributed by atoms with E-state index in [9.17, 15) is 0 Å². The van der Waals surface area contributed by atoms with E-state index in [1.165, 1.54) is 0 Å². The monoisotopic (exact) mass is 153 g/mol. The predicted octanol–water partition coefficient (Wildman–Crippen LogP) is 1.55. The van der Waals surface area contributed by atoms with E-state index >= 15 is 0 Å². The molecule has 0 aromatic carbocycles. The van der Waals surface area contributed by atoms with Crippen molar-refractivity contribution < 1.29 is 0 Å². The fourth-order valence-electron chi connectivity index (χ4n) is 1.12. The minimum Gasteiger partial charge on any atom is -0.315 e. The summed E-state index contributed by atoms with van der Waals surface area (Å²) in [5.41, 5.74) is 0. The lowest BCUT2D eigenvalue weighted by Gasteiger charge is -2.08. The zero-order valence-electron chi connectivity index (χ0n) is 7.63. The molecule has 0 unspecified atom stereocenters. The van der Waals surface area contributed by atoms with Crippen LogP contribution in [0.5, 0.6) is 0 Å². The second-order valence-electron chi connectivity index (χ2n) is 3.30. The molecule has 0 radical (unpaired) electrons. The van der Waals surface area contributed by atoms with Gasteiger partial charge in [0.1, 0.15) is 11.6 Å². The van der Waals surface area contributed by atoms with E-state index in [1.807, 2.05) is 13.8 Å². The molecular weight excluding hydrogens is 138 g/mol. The van der Waals surface area contributed by atoms with Gasteiger partial charge in [-0.3, -0.25) is 0 Å². The predicted molar refractivity (Wildman–Crippen MR) is 44.3 cm³/mol. The van der Waals surface area contributed by atoms with Crippen molar-refractivity contribution in [2.75, 3.05) is 0 Å². The number of nitrogens with zero attached hydrogens (tertiary/aromatic N) is 3. The molecule has 0 fully saturated rings. The first-order valence-corrected chi connectivity index (χ1v) is 3.97. The van der Waals surface area contributed by atoms with Crippen LogP contribution in [0.3, 0.4) is 0 Å². The van der Waals surface area contributed by atoms with Crippen molar-refractivity contribution >= 4 is 0 Å². The molecule has 0 N–H and O–H groups in total. The maximum atomic E-state index is 3.98. The summed E-state index contributed by atoms with van der Waals surface area (Å²) in [5, 5.41) is 7.96. The SMILES string of the molecule is Cc1nnc(C)n1CC(C)C. The summed E-state index contributed by atoms with van der Waals surface area (Å²) in [5.74, 6) is 2.68. The van der Waals surface area contributed by atoms with Gasteiger partial charge < -0.3 is 4.57 Å². The van der Waals surface area contributed by atoms with Crippen LogP contribution in [-0.2, 0) is 6.54 Å². The average Bonchev–Trinajstić information content (AvgIpc) is 2.18. The number of hydrogen-bond donors (Lipinski definition) is 0. The summed E-state index contributed by atoms with van der Waals surface area (Å²) in [6.07, 6.45) is 0. The lowest BCUT2D eigenvalue weighted by atomic mass is 10.2. The first-order chi connectivity index (χ1) is 5.11. The molecule has 0 amide bonds. The molecule has 1 rings (SSSR count). The average molecular weight is 153 g/mol. The number of rotatable bonds is 2. The zero-order valence-corrected chi connectivity index (χ0v) is 7.63. The van der Waals surface area contributed by atoms with Crippen LogP contribution in [0.2, 0.25) is 0 Å². The van der Waals surface area contributed by atoms with Crippen molar-refractivity contribution in [3.05, 3.63) is 11.6 Å². The molecule has 0 saturated heterocycles. The minimum atomic E-state index is 0.656. The van der Waals surface area contributed by atoms with E-state index in [4.69, 9.17) is 0 Å². The smallest absolute Gasteiger partial charge is 0.129 e. The molecular formula is C8H15N3. The van der Waals surface area contributed by atoms with Gasteiger partial charge in [0, 0.05) is 6.54 Å². The second kappa shape index (κ2) is 3.03. The van der Waals surface area contributed by atoms with Crippen LogP contribution in [0, 0.1) is 19.8 Å². The van der Waals surface area contributed by atoms with Gasteiger partial charge in [-0.25, -0.2) is 0 Å². The van der Waals surface area contributed by atoms with E-state index < -0.39 is 0 Å². The Morgan fingerprint density at radius 1 is 1.18 bits per heavy atom. The molecule has 0 aliphatic carbocycles.